The highest BCUT2D eigenvalue weighted by Crippen LogP contribution is 2.47. The van der Waals surface area contributed by atoms with Gasteiger partial charge in [0.05, 0.1) is 34.6 Å². The van der Waals surface area contributed by atoms with Gasteiger partial charge >= 0.3 is 0 Å². The Balaban J connectivity index is 1.40. The number of carbonyl (C=O) groups is 3. The molecule has 1 aliphatic heterocycles. The lowest BCUT2D eigenvalue weighted by Crippen LogP contribution is -2.38. The van der Waals surface area contributed by atoms with Crippen molar-refractivity contribution in [1.29, 1.82) is 5.26 Å². The minimum atomic E-state index is -0.684. The molecule has 1 aliphatic carbocycles. The summed E-state index contributed by atoms with van der Waals surface area (Å²) in [6, 6.07) is 12.2. The maximum atomic E-state index is 13.2. The molecular formula is C26H23N7O4S2. The summed E-state index contributed by atoms with van der Waals surface area (Å²) in [6.45, 7) is 1.80. The maximum absolute atomic E-state index is 13.2. The van der Waals surface area contributed by atoms with Crippen molar-refractivity contribution in [2.75, 3.05) is 16.0 Å². The Morgan fingerprint density at radius 2 is 2.05 bits per heavy atom. The average molecular weight is 562 g/mol. The van der Waals surface area contributed by atoms with Gasteiger partial charge in [-0.15, -0.1) is 10.2 Å². The first-order chi connectivity index (χ1) is 18.8. The van der Waals surface area contributed by atoms with Crippen molar-refractivity contribution < 1.29 is 18.8 Å². The van der Waals surface area contributed by atoms with E-state index in [-0.39, 0.29) is 34.4 Å². The molecule has 3 aromatic rings. The minimum Gasteiger partial charge on any atom is -0.465 e. The number of benzene rings is 1. The number of thioether (sulfide) groups is 1. The topological polar surface area (TPSA) is 181 Å². The van der Waals surface area contributed by atoms with Crippen molar-refractivity contribution in [3.63, 3.8) is 0 Å². The quantitative estimate of drug-likeness (QED) is 0.361. The number of para-hydroxylation sites is 1. The number of amides is 2. The van der Waals surface area contributed by atoms with Gasteiger partial charge in [0.2, 0.25) is 11.0 Å². The zero-order chi connectivity index (χ0) is 27.7. The van der Waals surface area contributed by atoms with Gasteiger partial charge in [-0.25, -0.2) is 0 Å². The predicted octanol–water partition coefficient (Wildman–Crippen LogP) is 3.57. The molecule has 0 fully saturated rings. The molecular weight excluding hydrogens is 538 g/mol. The molecule has 0 bridgehead atoms. The highest BCUT2D eigenvalue weighted by Gasteiger charge is 2.42. The molecule has 2 aromatic heterocycles. The summed E-state index contributed by atoms with van der Waals surface area (Å²) in [7, 11) is 0. The first-order valence-corrected chi connectivity index (χ1v) is 13.8. The number of allylic oxidation sites excluding steroid dienone is 3. The SMILES string of the molecule is Cc1ccc(C2C(C#N)=C(N)N(c3nnc(SCC(=O)Nc4ccccc4C(N)=O)s3)C3=C2C(=O)CCC3)o1. The number of Topliss-reactive ketones (excluding diaryl/α,β-unsaturated/α-hetero) is 1. The number of carbonyl (C=O) groups excluding carboxylic acids is 3. The number of anilines is 2. The molecule has 3 heterocycles. The fraction of sp³-hybridized carbons (Fsp3) is 0.231. The van der Waals surface area contributed by atoms with E-state index in [1.54, 1.807) is 42.2 Å². The number of nitrogens with zero attached hydrogens (tertiary/aromatic N) is 4. The Hall–Kier alpha value is -4.41. The lowest BCUT2D eigenvalue weighted by atomic mass is 9.78. The van der Waals surface area contributed by atoms with Gasteiger partial charge in [-0.05, 0) is 44.0 Å². The van der Waals surface area contributed by atoms with Gasteiger partial charge in [0, 0.05) is 17.7 Å². The number of nitriles is 1. The second-order valence-corrected chi connectivity index (χ2v) is 11.0. The molecule has 198 valence electrons. The van der Waals surface area contributed by atoms with Gasteiger partial charge in [0.25, 0.3) is 5.91 Å². The molecule has 2 aliphatic rings. The molecule has 11 nitrogen and oxygen atoms in total. The van der Waals surface area contributed by atoms with E-state index in [9.17, 15) is 19.6 Å². The standard InChI is InChI=1S/C26H23N7O4S2/c1-13-9-10-19(37-13)21-15(11-27)23(28)33(17-7-4-8-18(34)22(17)21)25-31-32-26(39-25)38-12-20(35)30-16-6-3-2-5-14(16)24(29)36/h2-3,5-6,9-10,21H,4,7-8,12,28H2,1H3,(H2,29,36)(H,30,35). The Kier molecular flexibility index (Phi) is 7.23. The van der Waals surface area contributed by atoms with E-state index in [2.05, 4.69) is 21.6 Å². The summed E-state index contributed by atoms with van der Waals surface area (Å²) < 4.78 is 6.31. The number of furan rings is 1. The monoisotopic (exact) mass is 561 g/mol. The molecule has 5 rings (SSSR count). The molecule has 0 radical (unpaired) electrons. The number of ketones is 1. The second kappa shape index (κ2) is 10.8. The lowest BCUT2D eigenvalue weighted by molar-refractivity contribution is -0.116. The molecule has 39 heavy (non-hydrogen) atoms. The van der Waals surface area contributed by atoms with Crippen LogP contribution in [0.4, 0.5) is 10.8 Å². The number of nitrogens with two attached hydrogens (primary N) is 2. The van der Waals surface area contributed by atoms with Crippen molar-refractivity contribution in [3.8, 4) is 6.07 Å². The number of hydrogen-bond acceptors (Lipinski definition) is 11. The molecule has 0 saturated carbocycles. The molecule has 5 N–H and O–H groups in total. The zero-order valence-electron chi connectivity index (χ0n) is 20.8. The molecule has 13 heteroatoms. The van der Waals surface area contributed by atoms with Crippen LogP contribution in [0.15, 0.2) is 67.8 Å². The number of hydrogen-bond donors (Lipinski definition) is 3. The number of primary amides is 1. The minimum absolute atomic E-state index is 0.00282. The van der Waals surface area contributed by atoms with E-state index < -0.39 is 11.8 Å². The van der Waals surface area contributed by atoms with Crippen molar-refractivity contribution >= 4 is 51.5 Å². The van der Waals surface area contributed by atoms with Crippen LogP contribution in [0, 0.1) is 18.3 Å². The Morgan fingerprint density at radius 3 is 2.77 bits per heavy atom. The highest BCUT2D eigenvalue weighted by molar-refractivity contribution is 8.01. The van der Waals surface area contributed by atoms with Gasteiger partial charge in [0.15, 0.2) is 10.1 Å². The lowest BCUT2D eigenvalue weighted by Gasteiger charge is -2.37. The van der Waals surface area contributed by atoms with Crippen LogP contribution in [0.1, 0.15) is 47.1 Å². The first kappa shape index (κ1) is 26.2. The Bertz CT molecular complexity index is 1600. The van der Waals surface area contributed by atoms with Crippen LogP contribution in [0.2, 0.25) is 0 Å². The smallest absolute Gasteiger partial charge is 0.250 e. The van der Waals surface area contributed by atoms with Crippen LogP contribution in [0.5, 0.6) is 0 Å². The summed E-state index contributed by atoms with van der Waals surface area (Å²) in [4.78, 5) is 38.9. The van der Waals surface area contributed by atoms with Gasteiger partial charge < -0.3 is 21.2 Å². The van der Waals surface area contributed by atoms with E-state index in [0.29, 0.717) is 57.2 Å². The number of rotatable bonds is 7. The summed E-state index contributed by atoms with van der Waals surface area (Å²) in [5.41, 5.74) is 13.8. The van der Waals surface area contributed by atoms with Crippen molar-refractivity contribution in [3.05, 3.63) is 76.1 Å². The summed E-state index contributed by atoms with van der Waals surface area (Å²) in [5, 5.41) is 21.6. The fourth-order valence-corrected chi connectivity index (χ4v) is 6.35. The third-order valence-corrected chi connectivity index (χ3v) is 8.38. The van der Waals surface area contributed by atoms with Gasteiger partial charge in [0.1, 0.15) is 17.3 Å². The normalized spacial score (nSPS) is 17.2. The van der Waals surface area contributed by atoms with E-state index in [4.69, 9.17) is 15.9 Å². The van der Waals surface area contributed by atoms with E-state index >= 15 is 0 Å². The van der Waals surface area contributed by atoms with Crippen molar-refractivity contribution in [1.82, 2.24) is 10.2 Å². The molecule has 0 saturated heterocycles. The highest BCUT2D eigenvalue weighted by atomic mass is 32.2. The summed E-state index contributed by atoms with van der Waals surface area (Å²) in [5.74, 6) is -0.413. The maximum Gasteiger partial charge on any atom is 0.250 e. The number of aromatic nitrogens is 2. The predicted molar refractivity (Wildman–Crippen MR) is 146 cm³/mol. The Labute approximate surface area is 231 Å². The van der Waals surface area contributed by atoms with Gasteiger partial charge in [-0.2, -0.15) is 5.26 Å². The second-order valence-electron chi connectivity index (χ2n) is 8.86. The van der Waals surface area contributed by atoms with E-state index in [1.807, 2.05) is 0 Å². The number of nitrogens with one attached hydrogen (secondary N) is 1. The largest absolute Gasteiger partial charge is 0.465 e. The molecule has 2 amide bonds. The van der Waals surface area contributed by atoms with Gasteiger partial charge in [-0.3, -0.25) is 19.3 Å². The Morgan fingerprint density at radius 1 is 1.26 bits per heavy atom. The van der Waals surface area contributed by atoms with Crippen LogP contribution in [0.25, 0.3) is 0 Å². The fourth-order valence-electron chi connectivity index (χ4n) is 4.67. The van der Waals surface area contributed by atoms with Crippen LogP contribution in [-0.4, -0.2) is 33.5 Å². The van der Waals surface area contributed by atoms with Crippen LogP contribution < -0.4 is 21.7 Å². The summed E-state index contributed by atoms with van der Waals surface area (Å²) >= 11 is 2.35. The number of aryl methyl sites for hydroxylation is 1. The molecule has 1 atom stereocenters. The van der Waals surface area contributed by atoms with Gasteiger partial charge in [-0.1, -0.05) is 35.2 Å². The zero-order valence-corrected chi connectivity index (χ0v) is 22.4. The van der Waals surface area contributed by atoms with E-state index in [1.165, 1.54) is 17.4 Å². The van der Waals surface area contributed by atoms with Crippen molar-refractivity contribution in [2.24, 2.45) is 11.5 Å². The van der Waals surface area contributed by atoms with Crippen LogP contribution >= 0.6 is 23.1 Å². The summed E-state index contributed by atoms with van der Waals surface area (Å²) in [6.07, 6.45) is 1.58. The molecule has 1 unspecified atom stereocenters. The first-order valence-electron chi connectivity index (χ1n) is 12.0. The van der Waals surface area contributed by atoms with E-state index in [0.717, 1.165) is 11.8 Å². The van der Waals surface area contributed by atoms with Crippen LogP contribution in [0.3, 0.4) is 0 Å². The third kappa shape index (κ3) is 5.04. The van der Waals surface area contributed by atoms with Crippen molar-refractivity contribution in [2.45, 2.75) is 36.4 Å². The average Bonchev–Trinajstić information content (AvgIpc) is 3.56. The van der Waals surface area contributed by atoms with Crippen LogP contribution in [-0.2, 0) is 9.59 Å². The molecule has 0 spiro atoms. The molecule has 1 aromatic carbocycles. The third-order valence-electron chi connectivity index (χ3n) is 6.34.